The number of carbonyl (C=O) groups excluding carboxylic acids is 1. The van der Waals surface area contributed by atoms with Crippen LogP contribution in [-0.4, -0.2) is 48.3 Å². The highest BCUT2D eigenvalue weighted by molar-refractivity contribution is 5.83. The van der Waals surface area contributed by atoms with E-state index in [1.165, 1.54) is 23.4 Å². The third-order valence-electron chi connectivity index (χ3n) is 5.99. The van der Waals surface area contributed by atoms with Gasteiger partial charge in [0.25, 0.3) is 0 Å². The zero-order valence-electron chi connectivity index (χ0n) is 14.1. The molecule has 2 heterocycles. The number of rotatable bonds is 2. The molecule has 0 radical (unpaired) electrons. The summed E-state index contributed by atoms with van der Waals surface area (Å²) in [4.78, 5) is 14.7. The van der Waals surface area contributed by atoms with Gasteiger partial charge in [0.05, 0.1) is 19.1 Å². The Morgan fingerprint density at radius 1 is 1.12 bits per heavy atom. The SMILES string of the molecule is COC(=O)C1C(c2ccc3ccccc3c2)CC2[C@@H](O)CC1N2C. The lowest BCUT2D eigenvalue weighted by molar-refractivity contribution is -0.150. The lowest BCUT2D eigenvalue weighted by atomic mass is 9.76. The fraction of sp³-hybridized carbons (Fsp3) is 0.450. The van der Waals surface area contributed by atoms with Gasteiger partial charge in [0, 0.05) is 18.0 Å². The Hall–Kier alpha value is -1.91. The number of esters is 1. The van der Waals surface area contributed by atoms with Gasteiger partial charge in [-0.2, -0.15) is 0 Å². The second-order valence-corrected chi connectivity index (χ2v) is 7.10. The van der Waals surface area contributed by atoms with Crippen LogP contribution in [0.1, 0.15) is 24.3 Å². The normalized spacial score (nSPS) is 32.9. The van der Waals surface area contributed by atoms with Crippen molar-refractivity contribution in [3.8, 4) is 0 Å². The zero-order valence-corrected chi connectivity index (χ0v) is 14.1. The van der Waals surface area contributed by atoms with Crippen LogP contribution in [0.4, 0.5) is 0 Å². The first-order valence-corrected chi connectivity index (χ1v) is 8.56. The van der Waals surface area contributed by atoms with Crippen molar-refractivity contribution in [2.24, 2.45) is 5.92 Å². The van der Waals surface area contributed by atoms with E-state index in [2.05, 4.69) is 35.2 Å². The Bertz CT molecular complexity index is 774. The van der Waals surface area contributed by atoms with Crippen LogP contribution in [0.15, 0.2) is 42.5 Å². The summed E-state index contributed by atoms with van der Waals surface area (Å²) < 4.78 is 5.12. The van der Waals surface area contributed by atoms with E-state index in [1.807, 2.05) is 19.2 Å². The van der Waals surface area contributed by atoms with Crippen molar-refractivity contribution < 1.29 is 14.6 Å². The first kappa shape index (κ1) is 15.6. The van der Waals surface area contributed by atoms with Gasteiger partial charge in [-0.05, 0) is 36.2 Å². The maximum Gasteiger partial charge on any atom is 0.310 e. The van der Waals surface area contributed by atoms with E-state index in [9.17, 15) is 9.90 Å². The van der Waals surface area contributed by atoms with Gasteiger partial charge in [0.1, 0.15) is 0 Å². The van der Waals surface area contributed by atoms with E-state index in [1.54, 1.807) is 0 Å². The summed E-state index contributed by atoms with van der Waals surface area (Å²) in [5.74, 6) is -0.308. The second kappa shape index (κ2) is 5.87. The van der Waals surface area contributed by atoms with Crippen LogP contribution in [0.3, 0.4) is 0 Å². The summed E-state index contributed by atoms with van der Waals surface area (Å²) >= 11 is 0. The molecule has 2 aliphatic heterocycles. The van der Waals surface area contributed by atoms with Crippen LogP contribution in [0.5, 0.6) is 0 Å². The van der Waals surface area contributed by atoms with Crippen LogP contribution >= 0.6 is 0 Å². The molecular weight excluding hydrogens is 302 g/mol. The number of benzene rings is 2. The molecule has 2 saturated heterocycles. The first-order chi connectivity index (χ1) is 11.6. The number of methoxy groups -OCH3 is 1. The Labute approximate surface area is 142 Å². The first-order valence-electron chi connectivity index (χ1n) is 8.56. The van der Waals surface area contributed by atoms with Crippen molar-refractivity contribution >= 4 is 16.7 Å². The van der Waals surface area contributed by atoms with Crippen molar-refractivity contribution in [3.05, 3.63) is 48.0 Å². The molecule has 0 aliphatic carbocycles. The van der Waals surface area contributed by atoms with Crippen LogP contribution in [0.2, 0.25) is 0 Å². The maximum atomic E-state index is 12.5. The van der Waals surface area contributed by atoms with Gasteiger partial charge >= 0.3 is 5.97 Å². The molecular formula is C20H23NO3. The second-order valence-electron chi connectivity index (χ2n) is 7.10. The van der Waals surface area contributed by atoms with Gasteiger partial charge in [-0.15, -0.1) is 0 Å². The van der Waals surface area contributed by atoms with E-state index in [0.717, 1.165) is 6.42 Å². The molecule has 5 atom stereocenters. The standard InChI is InChI=1S/C20H23NO3/c1-21-16-10-15(19(20(23)24-2)17(21)11-18(16)22)14-8-7-12-5-3-4-6-13(12)9-14/h3-9,15-19,22H,10-11H2,1-2H3/t15?,16?,17?,18-,19?/m0/s1. The lowest BCUT2D eigenvalue weighted by Crippen LogP contribution is -2.49. The van der Waals surface area contributed by atoms with Crippen LogP contribution in [-0.2, 0) is 9.53 Å². The number of nitrogens with zero attached hydrogens (tertiary/aromatic N) is 1. The third-order valence-corrected chi connectivity index (χ3v) is 5.99. The van der Waals surface area contributed by atoms with E-state index < -0.39 is 0 Å². The predicted molar refractivity (Wildman–Crippen MR) is 92.8 cm³/mol. The molecule has 0 aromatic heterocycles. The quantitative estimate of drug-likeness (QED) is 0.862. The van der Waals surface area contributed by atoms with Crippen molar-refractivity contribution in [1.29, 1.82) is 0 Å². The number of likely N-dealkylation sites (N-methyl/N-ethyl adjacent to an activating group) is 1. The highest BCUT2D eigenvalue weighted by Crippen LogP contribution is 2.47. The summed E-state index contributed by atoms with van der Waals surface area (Å²) in [7, 11) is 3.47. The Balaban J connectivity index is 1.77. The summed E-state index contributed by atoms with van der Waals surface area (Å²) in [6.45, 7) is 0. The fourth-order valence-corrected chi connectivity index (χ4v) is 4.73. The average Bonchev–Trinajstić information content (AvgIpc) is 2.79. The smallest absolute Gasteiger partial charge is 0.310 e. The number of fused-ring (bicyclic) bond motifs is 3. The highest BCUT2D eigenvalue weighted by atomic mass is 16.5. The predicted octanol–water partition coefficient (Wildman–Crippen LogP) is 2.55. The molecule has 0 amide bonds. The number of hydrogen-bond acceptors (Lipinski definition) is 4. The van der Waals surface area contributed by atoms with Gasteiger partial charge in [-0.1, -0.05) is 42.5 Å². The monoisotopic (exact) mass is 325 g/mol. The number of ether oxygens (including phenoxy) is 1. The summed E-state index contributed by atoms with van der Waals surface area (Å²) in [6.07, 6.45) is 1.06. The van der Waals surface area contributed by atoms with Crippen LogP contribution in [0, 0.1) is 5.92 Å². The molecule has 126 valence electrons. The molecule has 2 aromatic rings. The number of aliphatic hydroxyl groups excluding tert-OH is 1. The lowest BCUT2D eigenvalue weighted by Gasteiger charge is -2.41. The van der Waals surface area contributed by atoms with Gasteiger partial charge in [0.15, 0.2) is 0 Å². The minimum atomic E-state index is -0.363. The third kappa shape index (κ3) is 2.33. The van der Waals surface area contributed by atoms with Crippen molar-refractivity contribution in [1.82, 2.24) is 4.90 Å². The van der Waals surface area contributed by atoms with Crippen molar-refractivity contribution in [2.75, 3.05) is 14.2 Å². The summed E-state index contributed by atoms with van der Waals surface area (Å²) in [6, 6.07) is 14.9. The number of piperidine rings is 1. The molecule has 4 rings (SSSR count). The van der Waals surface area contributed by atoms with Gasteiger partial charge < -0.3 is 9.84 Å². The summed E-state index contributed by atoms with van der Waals surface area (Å²) in [5, 5.41) is 12.8. The van der Waals surface area contributed by atoms with Gasteiger partial charge in [-0.3, -0.25) is 9.69 Å². The zero-order chi connectivity index (χ0) is 16.8. The molecule has 4 unspecified atom stereocenters. The van der Waals surface area contributed by atoms with Gasteiger partial charge in [0.2, 0.25) is 0 Å². The van der Waals surface area contributed by atoms with E-state index >= 15 is 0 Å². The molecule has 2 bridgehead atoms. The Morgan fingerprint density at radius 3 is 2.62 bits per heavy atom. The van der Waals surface area contributed by atoms with Crippen molar-refractivity contribution in [3.63, 3.8) is 0 Å². The Morgan fingerprint density at radius 2 is 1.88 bits per heavy atom. The molecule has 2 aliphatic rings. The maximum absolute atomic E-state index is 12.5. The largest absolute Gasteiger partial charge is 0.469 e. The van der Waals surface area contributed by atoms with E-state index in [-0.39, 0.29) is 36.0 Å². The van der Waals surface area contributed by atoms with Crippen LogP contribution in [0.25, 0.3) is 10.8 Å². The number of hydrogen-bond donors (Lipinski definition) is 1. The number of carbonyl (C=O) groups is 1. The minimum absolute atomic E-state index is 0.0441. The van der Waals surface area contributed by atoms with Gasteiger partial charge in [-0.25, -0.2) is 0 Å². The molecule has 4 nitrogen and oxygen atoms in total. The molecule has 0 spiro atoms. The molecule has 2 fully saturated rings. The fourth-order valence-electron chi connectivity index (χ4n) is 4.73. The highest BCUT2D eigenvalue weighted by Gasteiger charge is 2.53. The summed E-state index contributed by atoms with van der Waals surface area (Å²) in [5.41, 5.74) is 1.17. The number of aliphatic hydroxyl groups is 1. The molecule has 2 aromatic carbocycles. The topological polar surface area (TPSA) is 49.8 Å². The molecule has 24 heavy (non-hydrogen) atoms. The molecule has 4 heteroatoms. The molecule has 0 saturated carbocycles. The minimum Gasteiger partial charge on any atom is -0.469 e. The van der Waals surface area contributed by atoms with Crippen LogP contribution < -0.4 is 0 Å². The Kier molecular flexibility index (Phi) is 3.82. The van der Waals surface area contributed by atoms with Crippen molar-refractivity contribution in [2.45, 2.75) is 36.9 Å². The molecule has 1 N–H and O–H groups in total. The average molecular weight is 325 g/mol. The van der Waals surface area contributed by atoms with E-state index in [0.29, 0.717) is 6.42 Å². The van der Waals surface area contributed by atoms with E-state index in [4.69, 9.17) is 4.74 Å².